The Bertz CT molecular complexity index is 927. The number of ether oxygens (including phenoxy) is 1. The van der Waals surface area contributed by atoms with Gasteiger partial charge in [0.25, 0.3) is 5.91 Å². The third kappa shape index (κ3) is 5.13. The molecule has 8 nitrogen and oxygen atoms in total. The first-order chi connectivity index (χ1) is 13.5. The van der Waals surface area contributed by atoms with Gasteiger partial charge in [-0.1, -0.05) is 0 Å². The van der Waals surface area contributed by atoms with E-state index < -0.39 is 6.04 Å². The zero-order chi connectivity index (χ0) is 19.9. The lowest BCUT2D eigenvalue weighted by molar-refractivity contribution is -0.119. The molecule has 0 aliphatic carbocycles. The van der Waals surface area contributed by atoms with E-state index in [0.717, 1.165) is 0 Å². The van der Waals surface area contributed by atoms with Crippen molar-refractivity contribution in [1.29, 1.82) is 0 Å². The number of benzene rings is 2. The van der Waals surface area contributed by atoms with Crippen LogP contribution in [0.5, 0.6) is 5.75 Å². The summed E-state index contributed by atoms with van der Waals surface area (Å²) in [4.78, 5) is 28.0. The molecule has 3 aromatic rings. The van der Waals surface area contributed by atoms with Crippen LogP contribution in [-0.4, -0.2) is 33.2 Å². The van der Waals surface area contributed by atoms with Gasteiger partial charge in [-0.2, -0.15) is 5.10 Å². The Balaban J connectivity index is 1.49. The zero-order valence-corrected chi connectivity index (χ0v) is 15.0. The number of anilines is 2. The molecule has 9 heteroatoms. The fourth-order valence-electron chi connectivity index (χ4n) is 2.30. The quantitative estimate of drug-likeness (QED) is 0.654. The summed E-state index contributed by atoms with van der Waals surface area (Å²) in [6.07, 6.45) is 2.83. The highest BCUT2D eigenvalue weighted by molar-refractivity contribution is 5.94. The first kappa shape index (κ1) is 19.0. The molecule has 2 aromatic carbocycles. The van der Waals surface area contributed by atoms with Gasteiger partial charge in [-0.05, 0) is 55.5 Å². The second-order valence-corrected chi connectivity index (χ2v) is 5.91. The van der Waals surface area contributed by atoms with Crippen molar-refractivity contribution < 1.29 is 18.7 Å². The summed E-state index contributed by atoms with van der Waals surface area (Å²) in [5.41, 5.74) is 1.13. The van der Waals surface area contributed by atoms with Crippen LogP contribution in [-0.2, 0) is 9.59 Å². The number of aromatic nitrogens is 3. The van der Waals surface area contributed by atoms with Gasteiger partial charge in [0.05, 0.1) is 0 Å². The minimum absolute atomic E-state index is 0.209. The number of hydrogen-bond donors (Lipinski definition) is 2. The molecule has 0 fully saturated rings. The van der Waals surface area contributed by atoms with E-state index in [4.69, 9.17) is 4.74 Å². The molecule has 1 atom stereocenters. The van der Waals surface area contributed by atoms with E-state index in [1.54, 1.807) is 31.2 Å². The minimum Gasteiger partial charge on any atom is -0.484 e. The summed E-state index contributed by atoms with van der Waals surface area (Å²) in [6.45, 7) is 1.50. The summed E-state index contributed by atoms with van der Waals surface area (Å²) in [5.74, 6) is -0.577. The third-order valence-electron chi connectivity index (χ3n) is 3.83. The number of rotatable bonds is 7. The number of halogens is 1. The Kier molecular flexibility index (Phi) is 5.95. The maximum absolute atomic E-state index is 12.8. The van der Waals surface area contributed by atoms with Crippen molar-refractivity contribution in [3.05, 3.63) is 67.0 Å². The summed E-state index contributed by atoms with van der Waals surface area (Å²) < 4.78 is 19.6. The summed E-state index contributed by atoms with van der Waals surface area (Å²) in [5, 5.41) is 9.38. The molecule has 144 valence electrons. The van der Waals surface area contributed by atoms with Crippen LogP contribution in [0.1, 0.15) is 13.0 Å². The third-order valence-corrected chi connectivity index (χ3v) is 3.83. The number of amides is 2. The average molecular weight is 383 g/mol. The number of carbonyl (C=O) groups excluding carboxylic acids is 2. The summed E-state index contributed by atoms with van der Waals surface area (Å²) in [6, 6.07) is 11.5. The van der Waals surface area contributed by atoms with Crippen molar-refractivity contribution in [3.8, 4) is 5.75 Å². The van der Waals surface area contributed by atoms with E-state index >= 15 is 0 Å². The van der Waals surface area contributed by atoms with Gasteiger partial charge in [0.15, 0.2) is 6.61 Å². The van der Waals surface area contributed by atoms with Crippen molar-refractivity contribution in [2.75, 3.05) is 17.2 Å². The SMILES string of the molecule is C[C@@H](C(=O)Nc1ccc(NC(=O)COc2ccc(F)cc2)cc1)n1cncn1. The Hall–Kier alpha value is -3.75. The van der Waals surface area contributed by atoms with Crippen molar-refractivity contribution in [3.63, 3.8) is 0 Å². The van der Waals surface area contributed by atoms with Gasteiger partial charge in [-0.25, -0.2) is 14.1 Å². The Morgan fingerprint density at radius 2 is 1.71 bits per heavy atom. The van der Waals surface area contributed by atoms with E-state index in [1.807, 2.05) is 0 Å². The van der Waals surface area contributed by atoms with Gasteiger partial charge in [0, 0.05) is 11.4 Å². The molecule has 0 bridgehead atoms. The predicted molar refractivity (Wildman–Crippen MR) is 100 cm³/mol. The van der Waals surface area contributed by atoms with Crippen LogP contribution in [0.15, 0.2) is 61.2 Å². The van der Waals surface area contributed by atoms with E-state index in [9.17, 15) is 14.0 Å². The largest absolute Gasteiger partial charge is 0.484 e. The highest BCUT2D eigenvalue weighted by Gasteiger charge is 2.15. The van der Waals surface area contributed by atoms with Crippen LogP contribution < -0.4 is 15.4 Å². The van der Waals surface area contributed by atoms with E-state index in [0.29, 0.717) is 17.1 Å². The molecular weight excluding hydrogens is 365 g/mol. The van der Waals surface area contributed by atoms with Crippen LogP contribution in [0.4, 0.5) is 15.8 Å². The topological polar surface area (TPSA) is 98.1 Å². The number of nitrogens with one attached hydrogen (secondary N) is 2. The smallest absolute Gasteiger partial charge is 0.262 e. The Labute approximate surface area is 160 Å². The normalized spacial score (nSPS) is 11.5. The van der Waals surface area contributed by atoms with Gasteiger partial charge >= 0.3 is 0 Å². The van der Waals surface area contributed by atoms with Crippen molar-refractivity contribution in [2.45, 2.75) is 13.0 Å². The van der Waals surface area contributed by atoms with Crippen LogP contribution >= 0.6 is 0 Å². The molecule has 0 aliphatic heterocycles. The number of hydrogen-bond acceptors (Lipinski definition) is 5. The molecule has 1 aromatic heterocycles. The fraction of sp³-hybridized carbons (Fsp3) is 0.158. The summed E-state index contributed by atoms with van der Waals surface area (Å²) in [7, 11) is 0. The predicted octanol–water partition coefficient (Wildman–Crippen LogP) is 2.63. The minimum atomic E-state index is -0.509. The second kappa shape index (κ2) is 8.76. The number of carbonyl (C=O) groups is 2. The lowest BCUT2D eigenvalue weighted by atomic mass is 10.2. The second-order valence-electron chi connectivity index (χ2n) is 5.91. The first-order valence-electron chi connectivity index (χ1n) is 8.44. The van der Waals surface area contributed by atoms with Crippen LogP contribution in [0.25, 0.3) is 0 Å². The molecule has 1 heterocycles. The average Bonchev–Trinajstić information content (AvgIpc) is 3.23. The van der Waals surface area contributed by atoms with Crippen LogP contribution in [0.3, 0.4) is 0 Å². The lowest BCUT2D eigenvalue weighted by Crippen LogP contribution is -2.24. The van der Waals surface area contributed by atoms with Crippen LogP contribution in [0.2, 0.25) is 0 Å². The standard InChI is InChI=1S/C19H18FN5O3/c1-13(25-12-21-11-22-25)19(27)24-16-6-4-15(5-7-16)23-18(26)10-28-17-8-2-14(20)3-9-17/h2-9,11-13H,10H2,1H3,(H,23,26)(H,24,27)/t13-/m0/s1. The molecule has 0 aliphatic rings. The van der Waals surface area contributed by atoms with E-state index in [-0.39, 0.29) is 24.2 Å². The molecular formula is C19H18FN5O3. The molecule has 0 unspecified atom stereocenters. The van der Waals surface area contributed by atoms with E-state index in [2.05, 4.69) is 20.7 Å². The van der Waals surface area contributed by atoms with Crippen molar-refractivity contribution in [2.24, 2.45) is 0 Å². The van der Waals surface area contributed by atoms with Gasteiger partial charge < -0.3 is 15.4 Å². The van der Waals surface area contributed by atoms with Crippen molar-refractivity contribution >= 4 is 23.2 Å². The van der Waals surface area contributed by atoms with Gasteiger partial charge in [-0.3, -0.25) is 9.59 Å². The molecule has 28 heavy (non-hydrogen) atoms. The van der Waals surface area contributed by atoms with Crippen molar-refractivity contribution in [1.82, 2.24) is 14.8 Å². The zero-order valence-electron chi connectivity index (χ0n) is 15.0. The lowest BCUT2D eigenvalue weighted by Gasteiger charge is -2.12. The van der Waals surface area contributed by atoms with Gasteiger partial charge in [0.1, 0.15) is 30.3 Å². The van der Waals surface area contributed by atoms with Gasteiger partial charge in [-0.15, -0.1) is 0 Å². The maximum atomic E-state index is 12.8. The first-order valence-corrected chi connectivity index (χ1v) is 8.44. The number of nitrogens with zero attached hydrogens (tertiary/aromatic N) is 3. The molecule has 0 radical (unpaired) electrons. The van der Waals surface area contributed by atoms with Crippen LogP contribution in [0, 0.1) is 5.82 Å². The van der Waals surface area contributed by atoms with E-state index in [1.165, 1.54) is 41.6 Å². The highest BCUT2D eigenvalue weighted by Crippen LogP contribution is 2.16. The Morgan fingerprint density at radius 3 is 2.32 bits per heavy atom. The summed E-state index contributed by atoms with van der Waals surface area (Å²) >= 11 is 0. The highest BCUT2D eigenvalue weighted by atomic mass is 19.1. The molecule has 2 N–H and O–H groups in total. The maximum Gasteiger partial charge on any atom is 0.262 e. The molecule has 2 amide bonds. The monoisotopic (exact) mass is 383 g/mol. The molecule has 0 spiro atoms. The fourth-order valence-corrected chi connectivity index (χ4v) is 2.30. The molecule has 0 saturated carbocycles. The van der Waals surface area contributed by atoms with Gasteiger partial charge in [0.2, 0.25) is 5.91 Å². The molecule has 0 saturated heterocycles. The Morgan fingerprint density at radius 1 is 1.07 bits per heavy atom. The molecule has 3 rings (SSSR count).